The zero-order chi connectivity index (χ0) is 15.2. The first-order chi connectivity index (χ1) is 10.8. The molecule has 1 aromatic heterocycles. The van der Waals surface area contributed by atoms with Crippen LogP contribution in [0.25, 0.3) is 0 Å². The largest absolute Gasteiger partial charge is 0.326 e. The molecule has 1 unspecified atom stereocenters. The minimum atomic E-state index is 0.0786. The summed E-state index contributed by atoms with van der Waals surface area (Å²) >= 11 is 0. The summed E-state index contributed by atoms with van der Waals surface area (Å²) in [6.45, 7) is 2.88. The summed E-state index contributed by atoms with van der Waals surface area (Å²) in [5.74, 6) is 0.586. The van der Waals surface area contributed by atoms with E-state index in [1.807, 2.05) is 36.5 Å². The second kappa shape index (κ2) is 7.22. The molecule has 116 valence electrons. The van der Waals surface area contributed by atoms with Gasteiger partial charge in [-0.3, -0.25) is 9.89 Å². The molecule has 0 radical (unpaired) electrons. The standard InChI is InChI=1S/C17H22N4O/c22-17(19-15-6-2-1-3-7-15)9-12-21-11-4-5-14(13-21)16-8-10-18-20-16/h1-3,6-8,10,14H,4-5,9,11-13H2,(H,18,20)(H,19,22). The Bertz CT molecular complexity index is 582. The average Bonchev–Trinajstić information content (AvgIpc) is 3.09. The summed E-state index contributed by atoms with van der Waals surface area (Å²) in [5.41, 5.74) is 2.07. The van der Waals surface area contributed by atoms with Crippen LogP contribution in [0.2, 0.25) is 0 Å². The van der Waals surface area contributed by atoms with Gasteiger partial charge < -0.3 is 10.2 Å². The number of para-hydroxylation sites is 1. The van der Waals surface area contributed by atoms with Gasteiger partial charge in [-0.05, 0) is 37.6 Å². The second-order valence-corrected chi connectivity index (χ2v) is 5.82. The fraction of sp³-hybridized carbons (Fsp3) is 0.412. The molecule has 1 fully saturated rings. The maximum Gasteiger partial charge on any atom is 0.225 e. The van der Waals surface area contributed by atoms with E-state index < -0.39 is 0 Å². The first kappa shape index (κ1) is 14.8. The van der Waals surface area contributed by atoms with Crippen LogP contribution < -0.4 is 5.32 Å². The van der Waals surface area contributed by atoms with E-state index in [-0.39, 0.29) is 5.91 Å². The van der Waals surface area contributed by atoms with E-state index in [4.69, 9.17) is 0 Å². The number of likely N-dealkylation sites (tertiary alicyclic amines) is 1. The maximum atomic E-state index is 12.0. The molecule has 0 saturated carbocycles. The van der Waals surface area contributed by atoms with Crippen molar-refractivity contribution in [3.05, 3.63) is 48.3 Å². The predicted molar refractivity (Wildman–Crippen MR) is 86.7 cm³/mol. The lowest BCUT2D eigenvalue weighted by Crippen LogP contribution is -2.36. The van der Waals surface area contributed by atoms with Crippen molar-refractivity contribution in [3.8, 4) is 0 Å². The van der Waals surface area contributed by atoms with Crippen LogP contribution in [0.15, 0.2) is 42.6 Å². The molecule has 1 aliphatic rings. The highest BCUT2D eigenvalue weighted by Gasteiger charge is 2.22. The smallest absolute Gasteiger partial charge is 0.225 e. The lowest BCUT2D eigenvalue weighted by molar-refractivity contribution is -0.116. The van der Waals surface area contributed by atoms with Crippen LogP contribution in [0.4, 0.5) is 5.69 Å². The van der Waals surface area contributed by atoms with Crippen molar-refractivity contribution in [2.45, 2.75) is 25.2 Å². The number of H-pyrrole nitrogens is 1. The molecule has 1 aromatic carbocycles. The number of hydrogen-bond donors (Lipinski definition) is 2. The Kier molecular flexibility index (Phi) is 4.85. The molecule has 0 bridgehead atoms. The molecule has 0 aliphatic carbocycles. The third kappa shape index (κ3) is 3.95. The Morgan fingerprint density at radius 1 is 1.32 bits per heavy atom. The monoisotopic (exact) mass is 298 g/mol. The number of carbonyl (C=O) groups excluding carboxylic acids is 1. The number of amides is 1. The van der Waals surface area contributed by atoms with E-state index in [2.05, 4.69) is 26.5 Å². The number of nitrogens with one attached hydrogen (secondary N) is 2. The molecule has 5 nitrogen and oxygen atoms in total. The molecule has 2 heterocycles. The number of aromatic amines is 1. The molecular formula is C17H22N4O. The molecule has 5 heteroatoms. The first-order valence-corrected chi connectivity index (χ1v) is 7.88. The quantitative estimate of drug-likeness (QED) is 0.892. The minimum Gasteiger partial charge on any atom is -0.326 e. The highest BCUT2D eigenvalue weighted by Crippen LogP contribution is 2.25. The van der Waals surface area contributed by atoms with Gasteiger partial charge in [0, 0.05) is 43.0 Å². The number of aromatic nitrogens is 2. The third-order valence-corrected chi connectivity index (χ3v) is 4.18. The van der Waals surface area contributed by atoms with Crippen molar-refractivity contribution in [1.29, 1.82) is 0 Å². The van der Waals surface area contributed by atoms with Gasteiger partial charge in [0.15, 0.2) is 0 Å². The van der Waals surface area contributed by atoms with Crippen LogP contribution in [0, 0.1) is 0 Å². The van der Waals surface area contributed by atoms with Gasteiger partial charge in [-0.1, -0.05) is 18.2 Å². The van der Waals surface area contributed by atoms with Gasteiger partial charge in [0.25, 0.3) is 0 Å². The van der Waals surface area contributed by atoms with Crippen molar-refractivity contribution in [2.24, 2.45) is 0 Å². The molecule has 2 N–H and O–H groups in total. The molecule has 2 aromatic rings. The Morgan fingerprint density at radius 3 is 2.95 bits per heavy atom. The minimum absolute atomic E-state index is 0.0786. The highest BCUT2D eigenvalue weighted by atomic mass is 16.1. The Balaban J connectivity index is 1.46. The fourth-order valence-corrected chi connectivity index (χ4v) is 3.01. The Hall–Kier alpha value is -2.14. The number of hydrogen-bond acceptors (Lipinski definition) is 3. The van der Waals surface area contributed by atoms with E-state index in [0.717, 1.165) is 25.3 Å². The van der Waals surface area contributed by atoms with Gasteiger partial charge in [0.05, 0.1) is 0 Å². The van der Waals surface area contributed by atoms with Crippen molar-refractivity contribution in [1.82, 2.24) is 15.1 Å². The number of benzene rings is 1. The zero-order valence-electron chi connectivity index (χ0n) is 12.7. The maximum absolute atomic E-state index is 12.0. The van der Waals surface area contributed by atoms with Gasteiger partial charge in [0.1, 0.15) is 0 Å². The van der Waals surface area contributed by atoms with Crippen LogP contribution >= 0.6 is 0 Å². The molecule has 1 aliphatic heterocycles. The van der Waals surface area contributed by atoms with Crippen LogP contribution in [0.3, 0.4) is 0 Å². The second-order valence-electron chi connectivity index (χ2n) is 5.82. The summed E-state index contributed by atoms with van der Waals surface area (Å²) in [6.07, 6.45) is 4.70. The molecule has 0 spiro atoms. The number of rotatable bonds is 5. The molecular weight excluding hydrogens is 276 g/mol. The number of carbonyl (C=O) groups is 1. The predicted octanol–water partition coefficient (Wildman–Crippen LogP) is 2.62. The summed E-state index contributed by atoms with van der Waals surface area (Å²) in [5, 5.41) is 10.0. The van der Waals surface area contributed by atoms with E-state index in [1.165, 1.54) is 18.5 Å². The normalized spacial score (nSPS) is 19.0. The first-order valence-electron chi connectivity index (χ1n) is 7.88. The average molecular weight is 298 g/mol. The highest BCUT2D eigenvalue weighted by molar-refractivity contribution is 5.90. The van der Waals surface area contributed by atoms with Crippen molar-refractivity contribution in [3.63, 3.8) is 0 Å². The number of anilines is 1. The van der Waals surface area contributed by atoms with Crippen molar-refractivity contribution < 1.29 is 4.79 Å². The van der Waals surface area contributed by atoms with Gasteiger partial charge in [-0.15, -0.1) is 0 Å². The lowest BCUT2D eigenvalue weighted by atomic mass is 9.95. The Morgan fingerprint density at radius 2 is 2.18 bits per heavy atom. The Labute approximate surface area is 130 Å². The number of piperidine rings is 1. The lowest BCUT2D eigenvalue weighted by Gasteiger charge is -2.31. The van der Waals surface area contributed by atoms with Crippen molar-refractivity contribution >= 4 is 11.6 Å². The fourth-order valence-electron chi connectivity index (χ4n) is 3.01. The van der Waals surface area contributed by atoms with Gasteiger partial charge in [0.2, 0.25) is 5.91 Å². The van der Waals surface area contributed by atoms with E-state index in [0.29, 0.717) is 12.3 Å². The van der Waals surface area contributed by atoms with Gasteiger partial charge >= 0.3 is 0 Å². The summed E-state index contributed by atoms with van der Waals surface area (Å²) in [7, 11) is 0. The van der Waals surface area contributed by atoms with Gasteiger partial charge in [-0.2, -0.15) is 5.10 Å². The molecule has 3 rings (SSSR count). The SMILES string of the molecule is O=C(CCN1CCCC(c2ccn[nH]2)C1)Nc1ccccc1. The van der Waals surface area contributed by atoms with Crippen LogP contribution in [0.1, 0.15) is 30.9 Å². The molecule has 22 heavy (non-hydrogen) atoms. The van der Waals surface area contributed by atoms with Crippen LogP contribution in [-0.4, -0.2) is 40.6 Å². The topological polar surface area (TPSA) is 61.0 Å². The molecule has 1 saturated heterocycles. The van der Waals surface area contributed by atoms with Crippen LogP contribution in [0.5, 0.6) is 0 Å². The van der Waals surface area contributed by atoms with Crippen LogP contribution in [-0.2, 0) is 4.79 Å². The third-order valence-electron chi connectivity index (χ3n) is 4.18. The number of nitrogens with zero attached hydrogens (tertiary/aromatic N) is 2. The summed E-state index contributed by atoms with van der Waals surface area (Å²) in [4.78, 5) is 14.4. The van der Waals surface area contributed by atoms with E-state index >= 15 is 0 Å². The van der Waals surface area contributed by atoms with Gasteiger partial charge in [-0.25, -0.2) is 0 Å². The summed E-state index contributed by atoms with van der Waals surface area (Å²) < 4.78 is 0. The summed E-state index contributed by atoms with van der Waals surface area (Å²) in [6, 6.07) is 11.7. The molecule has 1 atom stereocenters. The van der Waals surface area contributed by atoms with E-state index in [1.54, 1.807) is 0 Å². The van der Waals surface area contributed by atoms with E-state index in [9.17, 15) is 4.79 Å². The zero-order valence-corrected chi connectivity index (χ0v) is 12.7. The van der Waals surface area contributed by atoms with Crippen molar-refractivity contribution in [2.75, 3.05) is 25.0 Å². The molecule has 1 amide bonds.